The van der Waals surface area contributed by atoms with Gasteiger partial charge in [0.25, 0.3) is 0 Å². The highest BCUT2D eigenvalue weighted by atomic mass is 19.4. The average molecular weight is 384 g/mol. The molecule has 0 radical (unpaired) electrons. The molecule has 0 atom stereocenters. The quantitative estimate of drug-likeness (QED) is 0.759. The fraction of sp³-hybridized carbons (Fsp3) is 0.238. The highest BCUT2D eigenvalue weighted by Crippen LogP contribution is 2.29. The topological polar surface area (TPSA) is 31.7 Å². The maximum Gasteiger partial charge on any atom is 0.416 e. The van der Waals surface area contributed by atoms with Gasteiger partial charge in [0.1, 0.15) is 0 Å². The molecule has 2 aliphatic rings. The van der Waals surface area contributed by atoms with Crippen LogP contribution in [0.4, 0.5) is 13.2 Å². The van der Waals surface area contributed by atoms with Gasteiger partial charge in [-0.25, -0.2) is 4.99 Å². The van der Waals surface area contributed by atoms with E-state index in [0.29, 0.717) is 6.42 Å². The summed E-state index contributed by atoms with van der Waals surface area (Å²) in [5, 5.41) is 0. The first-order valence-corrected chi connectivity index (χ1v) is 9.08. The Morgan fingerprint density at radius 3 is 2.43 bits per heavy atom. The summed E-state index contributed by atoms with van der Waals surface area (Å²) in [7, 11) is 0. The predicted octanol–water partition coefficient (Wildman–Crippen LogP) is 4.53. The standard InChI is InChI=1S/C21H19F3N4/c22-21(23,24)18-5-3-16(4-6-18)2-1-12-27-14-15-28-13-9-19(26-20(27)28)17-7-10-25-11-8-17/h3-11,14-15H,1-2,12-13H2. The van der Waals surface area contributed by atoms with E-state index in [4.69, 9.17) is 4.99 Å². The number of alkyl halides is 3. The lowest BCUT2D eigenvalue weighted by Gasteiger charge is -2.26. The first kappa shape index (κ1) is 18.3. The van der Waals surface area contributed by atoms with Crippen molar-refractivity contribution in [3.8, 4) is 0 Å². The molecule has 0 amide bonds. The van der Waals surface area contributed by atoms with Crippen LogP contribution in [0.15, 0.2) is 72.3 Å². The third kappa shape index (κ3) is 3.93. The van der Waals surface area contributed by atoms with E-state index in [1.165, 1.54) is 0 Å². The van der Waals surface area contributed by atoms with Crippen molar-refractivity contribution in [1.82, 2.24) is 14.8 Å². The van der Waals surface area contributed by atoms with E-state index in [2.05, 4.69) is 20.9 Å². The molecule has 0 unspecified atom stereocenters. The molecule has 4 rings (SSSR count). The van der Waals surface area contributed by atoms with Crippen molar-refractivity contribution in [2.45, 2.75) is 19.0 Å². The van der Waals surface area contributed by atoms with E-state index in [0.717, 1.165) is 54.4 Å². The van der Waals surface area contributed by atoms with Gasteiger partial charge in [0.2, 0.25) is 5.96 Å². The summed E-state index contributed by atoms with van der Waals surface area (Å²) in [5.74, 6) is 0.877. The summed E-state index contributed by atoms with van der Waals surface area (Å²) in [5.41, 5.74) is 2.24. The number of benzene rings is 1. The minimum absolute atomic E-state index is 0.610. The Morgan fingerprint density at radius 1 is 0.964 bits per heavy atom. The van der Waals surface area contributed by atoms with E-state index in [1.54, 1.807) is 24.5 Å². The molecule has 0 saturated heterocycles. The molecule has 1 aromatic carbocycles. The van der Waals surface area contributed by atoms with Crippen molar-refractivity contribution in [1.29, 1.82) is 0 Å². The molecule has 2 aliphatic heterocycles. The van der Waals surface area contributed by atoms with Crippen molar-refractivity contribution in [2.75, 3.05) is 13.1 Å². The second-order valence-electron chi connectivity index (χ2n) is 6.68. The number of rotatable bonds is 5. The second-order valence-corrected chi connectivity index (χ2v) is 6.68. The van der Waals surface area contributed by atoms with Crippen LogP contribution in [0.3, 0.4) is 0 Å². The van der Waals surface area contributed by atoms with Crippen LogP contribution in [0.5, 0.6) is 0 Å². The van der Waals surface area contributed by atoms with E-state index in [9.17, 15) is 13.2 Å². The number of nitrogens with zero attached hydrogens (tertiary/aromatic N) is 4. The number of fused-ring (bicyclic) bond motifs is 1. The molecule has 0 N–H and O–H groups in total. The van der Waals surface area contributed by atoms with Gasteiger partial charge in [-0.15, -0.1) is 0 Å². The highest BCUT2D eigenvalue weighted by molar-refractivity contribution is 5.91. The summed E-state index contributed by atoms with van der Waals surface area (Å²) in [6, 6.07) is 9.26. The van der Waals surface area contributed by atoms with Gasteiger partial charge >= 0.3 is 6.18 Å². The minimum Gasteiger partial charge on any atom is -0.317 e. The van der Waals surface area contributed by atoms with Gasteiger partial charge in [0, 0.05) is 43.4 Å². The monoisotopic (exact) mass is 384 g/mol. The lowest BCUT2D eigenvalue weighted by atomic mass is 10.1. The van der Waals surface area contributed by atoms with E-state index in [-0.39, 0.29) is 0 Å². The minimum atomic E-state index is -4.29. The zero-order chi connectivity index (χ0) is 19.6. The number of hydrogen-bond donors (Lipinski definition) is 0. The molecule has 2 aromatic rings. The maximum absolute atomic E-state index is 12.6. The number of guanidine groups is 1. The van der Waals surface area contributed by atoms with Crippen LogP contribution in [0.2, 0.25) is 0 Å². The number of pyridine rings is 1. The lowest BCUT2D eigenvalue weighted by Crippen LogP contribution is -2.36. The summed E-state index contributed by atoms with van der Waals surface area (Å²) in [6.07, 6.45) is 6.80. The summed E-state index contributed by atoms with van der Waals surface area (Å²) >= 11 is 0. The van der Waals surface area contributed by atoms with Crippen molar-refractivity contribution >= 4 is 11.7 Å². The fourth-order valence-corrected chi connectivity index (χ4v) is 3.26. The molecule has 0 saturated carbocycles. The van der Waals surface area contributed by atoms with Gasteiger partial charge in [-0.2, -0.15) is 13.2 Å². The second kappa shape index (κ2) is 7.50. The number of halogens is 3. The third-order valence-electron chi connectivity index (χ3n) is 4.76. The highest BCUT2D eigenvalue weighted by Gasteiger charge is 2.30. The zero-order valence-electron chi connectivity index (χ0n) is 15.1. The average Bonchev–Trinajstić information content (AvgIpc) is 3.11. The van der Waals surface area contributed by atoms with E-state index < -0.39 is 11.7 Å². The fourth-order valence-electron chi connectivity index (χ4n) is 3.26. The van der Waals surface area contributed by atoms with Crippen LogP contribution in [-0.2, 0) is 12.6 Å². The van der Waals surface area contributed by atoms with Crippen molar-refractivity contribution in [2.24, 2.45) is 4.99 Å². The largest absolute Gasteiger partial charge is 0.416 e. The van der Waals surface area contributed by atoms with Gasteiger partial charge in [-0.1, -0.05) is 12.1 Å². The van der Waals surface area contributed by atoms with Crippen LogP contribution in [0.25, 0.3) is 5.70 Å². The third-order valence-corrected chi connectivity index (χ3v) is 4.76. The number of aryl methyl sites for hydroxylation is 1. The van der Waals surface area contributed by atoms with E-state index >= 15 is 0 Å². The molecule has 1 aromatic heterocycles. The van der Waals surface area contributed by atoms with Gasteiger partial charge in [-0.3, -0.25) is 4.98 Å². The molecule has 3 heterocycles. The van der Waals surface area contributed by atoms with Crippen LogP contribution < -0.4 is 0 Å². The van der Waals surface area contributed by atoms with Gasteiger partial charge in [0.05, 0.1) is 11.3 Å². The summed E-state index contributed by atoms with van der Waals surface area (Å²) < 4.78 is 37.9. The summed E-state index contributed by atoms with van der Waals surface area (Å²) in [6.45, 7) is 1.50. The first-order valence-electron chi connectivity index (χ1n) is 9.08. The smallest absolute Gasteiger partial charge is 0.317 e. The molecule has 0 bridgehead atoms. The SMILES string of the molecule is FC(F)(F)c1ccc(CCCN2C=CN3CC=C(c4ccncc4)N=C32)cc1. The normalized spacial score (nSPS) is 16.1. The van der Waals surface area contributed by atoms with Gasteiger partial charge in [-0.05, 0) is 48.7 Å². The molecule has 0 spiro atoms. The molecular weight excluding hydrogens is 365 g/mol. The molecule has 4 nitrogen and oxygen atoms in total. The molecule has 7 heteroatoms. The van der Waals surface area contributed by atoms with Crippen LogP contribution in [-0.4, -0.2) is 33.8 Å². The predicted molar refractivity (Wildman–Crippen MR) is 102 cm³/mol. The molecule has 0 aliphatic carbocycles. The lowest BCUT2D eigenvalue weighted by molar-refractivity contribution is -0.137. The molecule has 28 heavy (non-hydrogen) atoms. The Hall–Kier alpha value is -3.09. The van der Waals surface area contributed by atoms with Crippen LogP contribution in [0, 0.1) is 0 Å². The summed E-state index contributed by atoms with van der Waals surface area (Å²) in [4.78, 5) is 13.0. The Kier molecular flexibility index (Phi) is 4.90. The van der Waals surface area contributed by atoms with Crippen molar-refractivity contribution in [3.05, 3.63) is 84.0 Å². The molecule has 0 fully saturated rings. The Bertz CT molecular complexity index is 915. The first-order chi connectivity index (χ1) is 13.5. The Labute approximate surface area is 161 Å². The van der Waals surface area contributed by atoms with Gasteiger partial charge < -0.3 is 9.80 Å². The van der Waals surface area contributed by atoms with Crippen LogP contribution >= 0.6 is 0 Å². The number of hydrogen-bond acceptors (Lipinski definition) is 4. The van der Waals surface area contributed by atoms with Gasteiger partial charge in [0.15, 0.2) is 0 Å². The molecular formula is C21H19F3N4. The Morgan fingerprint density at radius 2 is 1.71 bits per heavy atom. The number of aromatic nitrogens is 1. The Balaban J connectivity index is 1.37. The number of aliphatic imine (C=N–C) groups is 1. The maximum atomic E-state index is 12.6. The van der Waals surface area contributed by atoms with E-state index in [1.807, 2.05) is 24.5 Å². The molecule has 144 valence electrons. The zero-order valence-corrected chi connectivity index (χ0v) is 15.1. The van der Waals surface area contributed by atoms with Crippen molar-refractivity contribution < 1.29 is 13.2 Å². The van der Waals surface area contributed by atoms with Crippen LogP contribution in [0.1, 0.15) is 23.1 Å². The van der Waals surface area contributed by atoms with Crippen molar-refractivity contribution in [3.63, 3.8) is 0 Å².